The second-order valence-electron chi connectivity index (χ2n) is 10.7. The van der Waals surface area contributed by atoms with Gasteiger partial charge in [0.15, 0.2) is 0 Å². The summed E-state index contributed by atoms with van der Waals surface area (Å²) >= 11 is 0. The summed E-state index contributed by atoms with van der Waals surface area (Å²) in [6.07, 6.45) is 1.64. The van der Waals surface area contributed by atoms with Crippen LogP contribution in [-0.4, -0.2) is 88.6 Å². The van der Waals surface area contributed by atoms with Gasteiger partial charge in [-0.25, -0.2) is 14.8 Å². The summed E-state index contributed by atoms with van der Waals surface area (Å²) in [5.74, 6) is 0.421. The number of nitrogens with one attached hydrogen (secondary N) is 1. The predicted octanol–water partition coefficient (Wildman–Crippen LogP) is 3.28. The molecule has 1 aliphatic rings. The molecule has 196 valence electrons. The maximum Gasteiger partial charge on any atom is 0.407 e. The van der Waals surface area contributed by atoms with E-state index in [9.17, 15) is 19.5 Å². The third kappa shape index (κ3) is 7.88. The normalized spacial score (nSPS) is 18.5. The van der Waals surface area contributed by atoms with Gasteiger partial charge in [-0.3, -0.25) is 9.59 Å². The number of amides is 2. The maximum absolute atomic E-state index is 13.9. The molecule has 0 saturated carbocycles. The first-order valence-corrected chi connectivity index (χ1v) is 12.2. The van der Waals surface area contributed by atoms with Gasteiger partial charge >= 0.3 is 6.09 Å². The van der Waals surface area contributed by atoms with Gasteiger partial charge in [-0.05, 0) is 25.7 Å². The summed E-state index contributed by atoms with van der Waals surface area (Å²) in [5, 5.41) is 12.9. The van der Waals surface area contributed by atoms with Crippen molar-refractivity contribution in [2.45, 2.75) is 65.8 Å². The zero-order valence-corrected chi connectivity index (χ0v) is 22.1. The standard InChI is InChI=1S/C25H41N5O5/c1-16(2)13-30(19-11-18(17(3)31)14-29(15-19)24(33)34)22(32)20-12-27-23(25(4,5)6)28-21(20)26-9-8-10-35-7/h12,16,18-19H,8-11,13-15H2,1-7H3,(H,33,34)(H,26,27,28)/t18-,19+/m1/s1. The number of carboxylic acid groups (broad SMARTS) is 1. The largest absolute Gasteiger partial charge is 0.465 e. The van der Waals surface area contributed by atoms with Crippen molar-refractivity contribution < 1.29 is 24.2 Å². The molecule has 2 heterocycles. The minimum atomic E-state index is -1.09. The van der Waals surface area contributed by atoms with Crippen LogP contribution in [-0.2, 0) is 14.9 Å². The molecule has 0 aromatic carbocycles. The molecule has 0 aliphatic carbocycles. The van der Waals surface area contributed by atoms with Gasteiger partial charge in [0.05, 0.1) is 6.04 Å². The summed E-state index contributed by atoms with van der Waals surface area (Å²) < 4.78 is 5.13. The Labute approximate surface area is 208 Å². The van der Waals surface area contributed by atoms with E-state index in [1.165, 1.54) is 11.8 Å². The van der Waals surface area contributed by atoms with Gasteiger partial charge in [0, 0.05) is 57.4 Å². The minimum absolute atomic E-state index is 0.0729. The number of rotatable bonds is 10. The average molecular weight is 492 g/mol. The van der Waals surface area contributed by atoms with Crippen molar-refractivity contribution >= 4 is 23.6 Å². The van der Waals surface area contributed by atoms with Crippen LogP contribution in [0, 0.1) is 11.8 Å². The number of nitrogens with zero attached hydrogens (tertiary/aromatic N) is 4. The first-order chi connectivity index (χ1) is 16.3. The summed E-state index contributed by atoms with van der Waals surface area (Å²) in [4.78, 5) is 50.0. The Bertz CT molecular complexity index is 877. The second-order valence-corrected chi connectivity index (χ2v) is 10.7. The molecular weight excluding hydrogens is 450 g/mol. The number of piperidine rings is 1. The fourth-order valence-corrected chi connectivity index (χ4v) is 4.15. The highest BCUT2D eigenvalue weighted by Crippen LogP contribution is 2.27. The number of carbonyl (C=O) groups excluding carboxylic acids is 2. The molecule has 2 atom stereocenters. The Hall–Kier alpha value is -2.75. The van der Waals surface area contributed by atoms with E-state index < -0.39 is 18.1 Å². The molecule has 0 radical (unpaired) electrons. The molecule has 10 heteroatoms. The highest BCUT2D eigenvalue weighted by molar-refractivity contribution is 5.98. The van der Waals surface area contributed by atoms with Gasteiger partial charge < -0.3 is 25.0 Å². The number of carbonyl (C=O) groups is 3. The fourth-order valence-electron chi connectivity index (χ4n) is 4.15. The highest BCUT2D eigenvalue weighted by atomic mass is 16.5. The zero-order valence-electron chi connectivity index (χ0n) is 22.1. The number of Topliss-reactive ketones (excluding diaryl/α,β-unsaturated/α-hetero) is 1. The molecule has 1 fully saturated rings. The fraction of sp³-hybridized carbons (Fsp3) is 0.720. The van der Waals surface area contributed by atoms with E-state index in [4.69, 9.17) is 4.74 Å². The highest BCUT2D eigenvalue weighted by Gasteiger charge is 2.38. The molecule has 2 amide bonds. The van der Waals surface area contributed by atoms with Crippen LogP contribution in [0.5, 0.6) is 0 Å². The topological polar surface area (TPSA) is 125 Å². The molecule has 1 aliphatic heterocycles. The van der Waals surface area contributed by atoms with Crippen LogP contribution in [0.4, 0.5) is 10.6 Å². The molecule has 0 unspecified atom stereocenters. The summed E-state index contributed by atoms with van der Waals surface area (Å²) in [6, 6.07) is -0.424. The van der Waals surface area contributed by atoms with Crippen molar-refractivity contribution in [3.05, 3.63) is 17.6 Å². The van der Waals surface area contributed by atoms with Gasteiger partial charge in [-0.15, -0.1) is 0 Å². The van der Waals surface area contributed by atoms with Gasteiger partial charge in [0.1, 0.15) is 23.0 Å². The van der Waals surface area contributed by atoms with Gasteiger partial charge in [0.25, 0.3) is 5.91 Å². The number of hydrogen-bond donors (Lipinski definition) is 2. The van der Waals surface area contributed by atoms with Crippen LogP contribution in [0.3, 0.4) is 0 Å². The first-order valence-electron chi connectivity index (χ1n) is 12.2. The maximum atomic E-state index is 13.9. The van der Waals surface area contributed by atoms with Crippen LogP contribution in [0.2, 0.25) is 0 Å². The molecule has 0 bridgehead atoms. The molecule has 10 nitrogen and oxygen atoms in total. The lowest BCUT2D eigenvalue weighted by molar-refractivity contribution is -0.122. The molecule has 1 aromatic rings. The van der Waals surface area contributed by atoms with Crippen molar-refractivity contribution in [1.29, 1.82) is 0 Å². The third-order valence-electron chi connectivity index (χ3n) is 6.05. The minimum Gasteiger partial charge on any atom is -0.465 e. The van der Waals surface area contributed by atoms with E-state index >= 15 is 0 Å². The predicted molar refractivity (Wildman–Crippen MR) is 134 cm³/mol. The lowest BCUT2D eigenvalue weighted by atomic mass is 9.90. The van der Waals surface area contributed by atoms with Gasteiger partial charge in [0.2, 0.25) is 0 Å². The summed E-state index contributed by atoms with van der Waals surface area (Å²) in [7, 11) is 1.64. The lowest BCUT2D eigenvalue weighted by Gasteiger charge is -2.42. The van der Waals surface area contributed by atoms with E-state index in [0.29, 0.717) is 43.3 Å². The van der Waals surface area contributed by atoms with E-state index in [1.807, 2.05) is 34.6 Å². The monoisotopic (exact) mass is 491 g/mol. The molecule has 35 heavy (non-hydrogen) atoms. The van der Waals surface area contributed by atoms with Crippen molar-refractivity contribution in [2.24, 2.45) is 11.8 Å². The Morgan fingerprint density at radius 2 is 1.97 bits per heavy atom. The number of aromatic nitrogens is 2. The average Bonchev–Trinajstić information content (AvgIpc) is 2.78. The van der Waals surface area contributed by atoms with Crippen molar-refractivity contribution in [2.75, 3.05) is 45.2 Å². The third-order valence-corrected chi connectivity index (χ3v) is 6.05. The van der Waals surface area contributed by atoms with Crippen LogP contribution in [0.15, 0.2) is 6.20 Å². The van der Waals surface area contributed by atoms with Crippen molar-refractivity contribution in [3.8, 4) is 0 Å². The zero-order chi connectivity index (χ0) is 26.3. The summed E-state index contributed by atoms with van der Waals surface area (Å²) in [6.45, 7) is 13.4. The van der Waals surface area contributed by atoms with Crippen LogP contribution in [0.25, 0.3) is 0 Å². The van der Waals surface area contributed by atoms with Gasteiger partial charge in [-0.1, -0.05) is 34.6 Å². The number of ether oxygens (including phenoxy) is 1. The molecule has 2 rings (SSSR count). The number of methoxy groups -OCH3 is 1. The number of hydrogen-bond acceptors (Lipinski definition) is 7. The number of likely N-dealkylation sites (tertiary alicyclic amines) is 1. The Morgan fingerprint density at radius 3 is 2.51 bits per heavy atom. The van der Waals surface area contributed by atoms with Crippen molar-refractivity contribution in [1.82, 2.24) is 19.8 Å². The Kier molecular flexibility index (Phi) is 10.00. The van der Waals surface area contributed by atoms with E-state index in [-0.39, 0.29) is 36.1 Å². The van der Waals surface area contributed by atoms with Crippen LogP contribution < -0.4 is 5.32 Å². The second kappa shape index (κ2) is 12.3. The van der Waals surface area contributed by atoms with Crippen molar-refractivity contribution in [3.63, 3.8) is 0 Å². The Morgan fingerprint density at radius 1 is 1.29 bits per heavy atom. The Balaban J connectivity index is 2.45. The quantitative estimate of drug-likeness (QED) is 0.478. The van der Waals surface area contributed by atoms with Crippen LogP contribution >= 0.6 is 0 Å². The van der Waals surface area contributed by atoms with E-state index in [0.717, 1.165) is 6.42 Å². The molecule has 1 saturated heterocycles. The molecule has 0 spiro atoms. The smallest absolute Gasteiger partial charge is 0.407 e. The summed E-state index contributed by atoms with van der Waals surface area (Å²) in [5.41, 5.74) is 0.0327. The molecular formula is C25H41N5O5. The lowest BCUT2D eigenvalue weighted by Crippen LogP contribution is -2.55. The van der Waals surface area contributed by atoms with Gasteiger partial charge in [-0.2, -0.15) is 0 Å². The van der Waals surface area contributed by atoms with E-state index in [2.05, 4.69) is 15.3 Å². The number of anilines is 1. The number of ketones is 1. The first kappa shape index (κ1) is 28.5. The van der Waals surface area contributed by atoms with E-state index in [1.54, 1.807) is 18.2 Å². The molecule has 2 N–H and O–H groups in total. The SMILES string of the molecule is COCCCNc1nc(C(C)(C)C)ncc1C(=O)N(CC(C)C)[C@H]1C[C@@H](C(C)=O)CN(C(=O)O)C1. The van der Waals surface area contributed by atoms with Crippen LogP contribution in [0.1, 0.15) is 70.6 Å². The molecule has 1 aromatic heterocycles.